The summed E-state index contributed by atoms with van der Waals surface area (Å²) in [5.41, 5.74) is 9.62. The summed E-state index contributed by atoms with van der Waals surface area (Å²) in [6.45, 7) is 4.86. The molecule has 3 N–H and O–H groups in total. The topological polar surface area (TPSA) is 85.6 Å². The molecule has 3 aromatic rings. The Morgan fingerprint density at radius 2 is 2.00 bits per heavy atom. The van der Waals surface area contributed by atoms with Gasteiger partial charge in [-0.05, 0) is 18.2 Å². The summed E-state index contributed by atoms with van der Waals surface area (Å²) >= 11 is 0. The summed E-state index contributed by atoms with van der Waals surface area (Å²) in [6.07, 6.45) is 3.89. The number of ether oxygens (including phenoxy) is 3. The lowest BCUT2D eigenvalue weighted by atomic mass is 10.1. The van der Waals surface area contributed by atoms with E-state index in [1.807, 2.05) is 48.6 Å². The molecule has 7 nitrogen and oxygen atoms in total. The van der Waals surface area contributed by atoms with Crippen LogP contribution in [0.4, 0.5) is 5.69 Å². The minimum atomic E-state index is 0.574. The molecule has 0 unspecified atom stereocenters. The molecule has 0 bridgehead atoms. The van der Waals surface area contributed by atoms with E-state index in [9.17, 15) is 0 Å². The number of morpholine rings is 1. The van der Waals surface area contributed by atoms with Crippen molar-refractivity contribution in [1.82, 2.24) is 15.1 Å². The van der Waals surface area contributed by atoms with Crippen molar-refractivity contribution in [3.8, 4) is 11.5 Å². The van der Waals surface area contributed by atoms with Crippen LogP contribution in [-0.4, -0.2) is 61.7 Å². The third kappa shape index (κ3) is 4.52. The SMILES string of the molecule is COc1cc(C=Cc2n[nH]c3ccccc23)c(N)cc1OCCN1CCOCC1. The molecule has 1 fully saturated rings. The number of nitrogen functional groups attached to an aromatic ring is 1. The van der Waals surface area contributed by atoms with Gasteiger partial charge in [0.25, 0.3) is 0 Å². The number of anilines is 1. The second-order valence-corrected chi connectivity index (χ2v) is 6.92. The maximum absolute atomic E-state index is 6.27. The number of aromatic nitrogens is 2. The lowest BCUT2D eigenvalue weighted by Crippen LogP contribution is -2.38. The van der Waals surface area contributed by atoms with E-state index in [0.717, 1.165) is 55.0 Å². The van der Waals surface area contributed by atoms with Crippen LogP contribution in [-0.2, 0) is 4.74 Å². The number of fused-ring (bicyclic) bond motifs is 1. The molecule has 0 atom stereocenters. The Morgan fingerprint density at radius 1 is 1.17 bits per heavy atom. The van der Waals surface area contributed by atoms with E-state index in [0.29, 0.717) is 23.8 Å². The second-order valence-electron chi connectivity index (χ2n) is 6.92. The predicted octanol–water partition coefficient (Wildman–Crippen LogP) is 3.04. The van der Waals surface area contributed by atoms with Gasteiger partial charge in [-0.15, -0.1) is 0 Å². The van der Waals surface area contributed by atoms with Gasteiger partial charge >= 0.3 is 0 Å². The molecule has 0 spiro atoms. The molecule has 0 radical (unpaired) electrons. The summed E-state index contributed by atoms with van der Waals surface area (Å²) < 4.78 is 16.8. The monoisotopic (exact) mass is 394 g/mol. The van der Waals surface area contributed by atoms with E-state index in [-0.39, 0.29) is 0 Å². The van der Waals surface area contributed by atoms with Crippen LogP contribution in [0.5, 0.6) is 11.5 Å². The smallest absolute Gasteiger partial charge is 0.163 e. The van der Waals surface area contributed by atoms with Gasteiger partial charge in [-0.25, -0.2) is 0 Å². The minimum Gasteiger partial charge on any atom is -0.493 e. The van der Waals surface area contributed by atoms with Crippen LogP contribution in [0.25, 0.3) is 23.1 Å². The lowest BCUT2D eigenvalue weighted by Gasteiger charge is -2.26. The number of methoxy groups -OCH3 is 1. The third-order valence-corrected chi connectivity index (χ3v) is 5.06. The molecule has 1 aliphatic heterocycles. The van der Waals surface area contributed by atoms with Gasteiger partial charge < -0.3 is 19.9 Å². The Balaban J connectivity index is 1.47. The highest BCUT2D eigenvalue weighted by Gasteiger charge is 2.12. The Kier molecular flexibility index (Phi) is 5.97. The number of H-pyrrole nitrogens is 1. The van der Waals surface area contributed by atoms with Crippen LogP contribution >= 0.6 is 0 Å². The van der Waals surface area contributed by atoms with Crippen molar-refractivity contribution in [2.45, 2.75) is 0 Å². The van der Waals surface area contributed by atoms with Crippen LogP contribution in [0.2, 0.25) is 0 Å². The van der Waals surface area contributed by atoms with Crippen LogP contribution < -0.4 is 15.2 Å². The van der Waals surface area contributed by atoms with E-state index in [1.54, 1.807) is 7.11 Å². The highest BCUT2D eigenvalue weighted by Crippen LogP contribution is 2.33. The first-order valence-corrected chi connectivity index (χ1v) is 9.76. The summed E-state index contributed by atoms with van der Waals surface area (Å²) in [4.78, 5) is 2.32. The van der Waals surface area contributed by atoms with E-state index in [4.69, 9.17) is 19.9 Å². The number of hydrogen-bond acceptors (Lipinski definition) is 6. The average molecular weight is 394 g/mol. The molecule has 1 aliphatic rings. The number of para-hydroxylation sites is 1. The largest absolute Gasteiger partial charge is 0.493 e. The molecule has 4 rings (SSSR count). The van der Waals surface area contributed by atoms with Crippen molar-refractivity contribution in [3.05, 3.63) is 47.7 Å². The Bertz CT molecular complexity index is 993. The first-order valence-electron chi connectivity index (χ1n) is 9.76. The lowest BCUT2D eigenvalue weighted by molar-refractivity contribution is 0.0321. The standard InChI is InChI=1S/C22H26N4O3/c1-27-21-14-16(6-7-20-17-4-2-3-5-19(17)24-25-20)18(23)15-22(21)29-13-10-26-8-11-28-12-9-26/h2-7,14-15H,8-13,23H2,1H3,(H,24,25). The number of benzene rings is 2. The summed E-state index contributed by atoms with van der Waals surface area (Å²) in [5.74, 6) is 1.31. The Hall–Kier alpha value is -3.03. The highest BCUT2D eigenvalue weighted by atomic mass is 16.5. The Morgan fingerprint density at radius 3 is 2.83 bits per heavy atom. The fraction of sp³-hybridized carbons (Fsp3) is 0.318. The fourth-order valence-electron chi connectivity index (χ4n) is 3.40. The molecule has 0 saturated carbocycles. The normalized spacial score (nSPS) is 15.2. The molecule has 7 heteroatoms. The first-order chi connectivity index (χ1) is 14.2. The quantitative estimate of drug-likeness (QED) is 0.599. The van der Waals surface area contributed by atoms with Crippen molar-refractivity contribution >= 4 is 28.7 Å². The molecule has 152 valence electrons. The molecule has 1 saturated heterocycles. The maximum Gasteiger partial charge on any atom is 0.163 e. The number of nitrogens with zero attached hydrogens (tertiary/aromatic N) is 2. The number of nitrogens with one attached hydrogen (secondary N) is 1. The van der Waals surface area contributed by atoms with Crippen molar-refractivity contribution in [1.29, 1.82) is 0 Å². The van der Waals surface area contributed by atoms with Crippen molar-refractivity contribution in [2.24, 2.45) is 0 Å². The number of nitrogens with two attached hydrogens (primary N) is 1. The summed E-state index contributed by atoms with van der Waals surface area (Å²) in [6, 6.07) is 11.7. The highest BCUT2D eigenvalue weighted by molar-refractivity contribution is 5.90. The molecule has 2 aromatic carbocycles. The van der Waals surface area contributed by atoms with Crippen LogP contribution in [0, 0.1) is 0 Å². The van der Waals surface area contributed by atoms with E-state index < -0.39 is 0 Å². The van der Waals surface area contributed by atoms with Crippen molar-refractivity contribution in [3.63, 3.8) is 0 Å². The molecule has 1 aromatic heterocycles. The summed E-state index contributed by atoms with van der Waals surface area (Å²) in [5, 5.41) is 8.46. The van der Waals surface area contributed by atoms with E-state index >= 15 is 0 Å². The molecular weight excluding hydrogens is 368 g/mol. The average Bonchev–Trinajstić information content (AvgIpc) is 3.17. The second kappa shape index (κ2) is 8.98. The number of hydrogen-bond donors (Lipinski definition) is 2. The molecule has 0 amide bonds. The Labute approximate surface area is 170 Å². The minimum absolute atomic E-state index is 0.574. The van der Waals surface area contributed by atoms with Gasteiger partial charge in [-0.1, -0.05) is 24.3 Å². The van der Waals surface area contributed by atoms with E-state index in [2.05, 4.69) is 15.1 Å². The van der Waals surface area contributed by atoms with Gasteiger partial charge in [-0.2, -0.15) is 5.10 Å². The number of aromatic amines is 1. The molecular formula is C22H26N4O3. The zero-order valence-corrected chi connectivity index (χ0v) is 16.6. The maximum atomic E-state index is 6.27. The fourth-order valence-corrected chi connectivity index (χ4v) is 3.40. The molecule has 2 heterocycles. The first kappa shape index (κ1) is 19.3. The predicted molar refractivity (Wildman–Crippen MR) is 115 cm³/mol. The van der Waals surface area contributed by atoms with Gasteiger partial charge in [0.15, 0.2) is 11.5 Å². The van der Waals surface area contributed by atoms with Gasteiger partial charge in [0.05, 0.1) is 31.5 Å². The molecule has 29 heavy (non-hydrogen) atoms. The summed E-state index contributed by atoms with van der Waals surface area (Å²) in [7, 11) is 1.63. The zero-order valence-electron chi connectivity index (χ0n) is 16.6. The van der Waals surface area contributed by atoms with Gasteiger partial charge in [0.2, 0.25) is 0 Å². The third-order valence-electron chi connectivity index (χ3n) is 5.06. The number of rotatable bonds is 7. The van der Waals surface area contributed by atoms with Gasteiger partial charge in [-0.3, -0.25) is 10.00 Å². The molecule has 0 aliphatic carbocycles. The van der Waals surface area contributed by atoms with E-state index in [1.165, 1.54) is 0 Å². The zero-order chi connectivity index (χ0) is 20.1. The van der Waals surface area contributed by atoms with Gasteiger partial charge in [0.1, 0.15) is 6.61 Å². The van der Waals surface area contributed by atoms with Crippen LogP contribution in [0.15, 0.2) is 36.4 Å². The van der Waals surface area contributed by atoms with Gasteiger partial charge in [0, 0.05) is 42.3 Å². The van der Waals surface area contributed by atoms with Crippen LogP contribution in [0.1, 0.15) is 11.3 Å². The van der Waals surface area contributed by atoms with Crippen molar-refractivity contribution < 1.29 is 14.2 Å². The van der Waals surface area contributed by atoms with Crippen molar-refractivity contribution in [2.75, 3.05) is 52.3 Å². The van der Waals surface area contributed by atoms with Crippen LogP contribution in [0.3, 0.4) is 0 Å².